The lowest BCUT2D eigenvalue weighted by Gasteiger charge is -2.34. The molecule has 0 radical (unpaired) electrons. The van der Waals surface area contributed by atoms with Crippen molar-refractivity contribution in [2.24, 2.45) is 0 Å². The van der Waals surface area contributed by atoms with Crippen molar-refractivity contribution < 1.29 is 9.90 Å². The van der Waals surface area contributed by atoms with Crippen LogP contribution in [0.1, 0.15) is 37.3 Å². The lowest BCUT2D eigenvalue weighted by atomic mass is 10.0. The normalized spacial score (nSPS) is 19.1. The van der Waals surface area contributed by atoms with Crippen molar-refractivity contribution in [2.45, 2.75) is 45.2 Å². The summed E-state index contributed by atoms with van der Waals surface area (Å²) in [6.07, 6.45) is 4.29. The quantitative estimate of drug-likeness (QED) is 0.875. The van der Waals surface area contributed by atoms with Crippen molar-refractivity contribution in [3.05, 3.63) is 35.4 Å². The molecule has 1 aromatic carbocycles. The van der Waals surface area contributed by atoms with E-state index in [1.165, 1.54) is 5.56 Å². The van der Waals surface area contributed by atoms with E-state index in [0.29, 0.717) is 13.1 Å². The third kappa shape index (κ3) is 4.55. The smallest absolute Gasteiger partial charge is 0.236 e. The minimum Gasteiger partial charge on any atom is -0.395 e. The van der Waals surface area contributed by atoms with Crippen LogP contribution in [0, 0.1) is 0 Å². The molecule has 1 aliphatic heterocycles. The standard InChI is InChI=1S/C18H28N2O2/c1-3-15-7-9-16(10-8-15)12-19(2)18(22)13-20-11-5-4-6-17(20)14-21/h7-10,17,21H,3-6,11-14H2,1-2H3/t17-/m1/s1. The molecule has 0 aromatic heterocycles. The van der Waals surface area contributed by atoms with Crippen molar-refractivity contribution >= 4 is 5.91 Å². The number of nitrogens with zero attached hydrogens (tertiary/aromatic N) is 2. The third-order valence-corrected chi connectivity index (χ3v) is 4.57. The van der Waals surface area contributed by atoms with Gasteiger partial charge in [-0.1, -0.05) is 37.6 Å². The number of carbonyl (C=O) groups excluding carboxylic acids is 1. The summed E-state index contributed by atoms with van der Waals surface area (Å²) in [7, 11) is 1.86. The largest absolute Gasteiger partial charge is 0.395 e. The van der Waals surface area contributed by atoms with Crippen LogP contribution in [0.2, 0.25) is 0 Å². The van der Waals surface area contributed by atoms with E-state index in [1.807, 2.05) is 7.05 Å². The summed E-state index contributed by atoms with van der Waals surface area (Å²) in [5.74, 6) is 0.125. The van der Waals surface area contributed by atoms with Gasteiger partial charge in [0, 0.05) is 19.6 Å². The second-order valence-electron chi connectivity index (χ2n) is 6.22. The van der Waals surface area contributed by atoms with E-state index in [0.717, 1.165) is 37.8 Å². The molecule has 4 heteroatoms. The molecule has 1 atom stereocenters. The SMILES string of the molecule is CCc1ccc(CN(C)C(=O)CN2CCCC[C@@H]2CO)cc1. The number of rotatable bonds is 6. The van der Waals surface area contributed by atoms with E-state index >= 15 is 0 Å². The average molecular weight is 304 g/mol. The van der Waals surface area contributed by atoms with Crippen LogP contribution in [-0.2, 0) is 17.8 Å². The molecule has 2 rings (SSSR count). The Morgan fingerprint density at radius 2 is 1.95 bits per heavy atom. The summed E-state index contributed by atoms with van der Waals surface area (Å²) < 4.78 is 0. The molecule has 122 valence electrons. The molecule has 1 heterocycles. The van der Waals surface area contributed by atoms with Gasteiger partial charge in [-0.05, 0) is 36.9 Å². The molecule has 0 bridgehead atoms. The fourth-order valence-corrected chi connectivity index (χ4v) is 3.01. The molecule has 0 unspecified atom stereocenters. The minimum absolute atomic E-state index is 0.125. The molecular weight excluding hydrogens is 276 g/mol. The van der Waals surface area contributed by atoms with Crippen LogP contribution < -0.4 is 0 Å². The number of amides is 1. The predicted molar refractivity (Wildman–Crippen MR) is 88.6 cm³/mol. The number of carbonyl (C=O) groups is 1. The van der Waals surface area contributed by atoms with Gasteiger partial charge in [0.2, 0.25) is 5.91 Å². The number of aliphatic hydroxyl groups is 1. The van der Waals surface area contributed by atoms with Crippen molar-refractivity contribution in [3.63, 3.8) is 0 Å². The first-order valence-electron chi connectivity index (χ1n) is 8.30. The number of likely N-dealkylation sites (N-methyl/N-ethyl adjacent to an activating group) is 1. The van der Waals surface area contributed by atoms with E-state index in [9.17, 15) is 9.90 Å². The average Bonchev–Trinajstić information content (AvgIpc) is 2.56. The van der Waals surface area contributed by atoms with E-state index in [-0.39, 0.29) is 18.6 Å². The molecule has 1 N–H and O–H groups in total. The van der Waals surface area contributed by atoms with Gasteiger partial charge in [0.05, 0.1) is 13.2 Å². The van der Waals surface area contributed by atoms with E-state index in [4.69, 9.17) is 0 Å². The van der Waals surface area contributed by atoms with Crippen LogP contribution in [-0.4, -0.2) is 53.6 Å². The molecule has 22 heavy (non-hydrogen) atoms. The molecule has 4 nitrogen and oxygen atoms in total. The van der Waals surface area contributed by atoms with E-state index < -0.39 is 0 Å². The minimum atomic E-state index is 0.125. The number of aliphatic hydroxyl groups excluding tert-OH is 1. The van der Waals surface area contributed by atoms with Gasteiger partial charge >= 0.3 is 0 Å². The molecule has 1 aromatic rings. The fourth-order valence-electron chi connectivity index (χ4n) is 3.01. The maximum absolute atomic E-state index is 12.4. The van der Waals surface area contributed by atoms with Crippen LogP contribution in [0.15, 0.2) is 24.3 Å². The number of aryl methyl sites for hydroxylation is 1. The van der Waals surface area contributed by atoms with Crippen LogP contribution in [0.5, 0.6) is 0 Å². The van der Waals surface area contributed by atoms with Gasteiger partial charge in [0.25, 0.3) is 0 Å². The van der Waals surface area contributed by atoms with Crippen LogP contribution >= 0.6 is 0 Å². The first-order chi connectivity index (χ1) is 10.6. The van der Waals surface area contributed by atoms with Gasteiger partial charge in [-0.3, -0.25) is 9.69 Å². The molecule has 1 fully saturated rings. The third-order valence-electron chi connectivity index (χ3n) is 4.57. The molecule has 1 saturated heterocycles. The van der Waals surface area contributed by atoms with Crippen molar-refractivity contribution in [3.8, 4) is 0 Å². The zero-order valence-corrected chi connectivity index (χ0v) is 13.8. The molecule has 0 aliphatic carbocycles. The molecule has 0 saturated carbocycles. The zero-order chi connectivity index (χ0) is 15.9. The summed E-state index contributed by atoms with van der Waals surface area (Å²) in [6, 6.07) is 8.59. The van der Waals surface area contributed by atoms with Gasteiger partial charge in [-0.15, -0.1) is 0 Å². The predicted octanol–water partition coefficient (Wildman–Crippen LogP) is 2.05. The van der Waals surface area contributed by atoms with Crippen molar-refractivity contribution in [1.29, 1.82) is 0 Å². The fraction of sp³-hybridized carbons (Fsp3) is 0.611. The van der Waals surface area contributed by atoms with E-state index in [1.54, 1.807) is 4.90 Å². The summed E-state index contributed by atoms with van der Waals surface area (Å²) >= 11 is 0. The first-order valence-corrected chi connectivity index (χ1v) is 8.30. The summed E-state index contributed by atoms with van der Waals surface area (Å²) in [5.41, 5.74) is 2.47. The van der Waals surface area contributed by atoms with Crippen LogP contribution in [0.25, 0.3) is 0 Å². The van der Waals surface area contributed by atoms with Gasteiger partial charge in [-0.2, -0.15) is 0 Å². The Morgan fingerprint density at radius 1 is 1.27 bits per heavy atom. The second kappa shape index (κ2) is 8.30. The number of benzene rings is 1. The van der Waals surface area contributed by atoms with Gasteiger partial charge in [-0.25, -0.2) is 0 Å². The van der Waals surface area contributed by atoms with E-state index in [2.05, 4.69) is 36.1 Å². The zero-order valence-electron chi connectivity index (χ0n) is 13.8. The maximum Gasteiger partial charge on any atom is 0.236 e. The Balaban J connectivity index is 1.87. The number of likely N-dealkylation sites (tertiary alicyclic amines) is 1. The number of hydrogen-bond acceptors (Lipinski definition) is 3. The highest BCUT2D eigenvalue weighted by molar-refractivity contribution is 5.78. The monoisotopic (exact) mass is 304 g/mol. The van der Waals surface area contributed by atoms with Crippen molar-refractivity contribution in [1.82, 2.24) is 9.80 Å². The Labute approximate surface area is 133 Å². The van der Waals surface area contributed by atoms with Gasteiger partial charge in [0.15, 0.2) is 0 Å². The molecule has 1 amide bonds. The highest BCUT2D eigenvalue weighted by Gasteiger charge is 2.24. The van der Waals surface area contributed by atoms with Gasteiger partial charge in [0.1, 0.15) is 0 Å². The summed E-state index contributed by atoms with van der Waals surface area (Å²) in [4.78, 5) is 16.3. The lowest BCUT2D eigenvalue weighted by Crippen LogP contribution is -2.47. The number of hydrogen-bond donors (Lipinski definition) is 1. The lowest BCUT2D eigenvalue weighted by molar-refractivity contribution is -0.132. The highest BCUT2D eigenvalue weighted by Crippen LogP contribution is 2.16. The topological polar surface area (TPSA) is 43.8 Å². The summed E-state index contributed by atoms with van der Waals surface area (Å²) in [6.45, 7) is 4.25. The van der Waals surface area contributed by atoms with Crippen LogP contribution in [0.3, 0.4) is 0 Å². The Kier molecular flexibility index (Phi) is 6.40. The maximum atomic E-state index is 12.4. The summed E-state index contributed by atoms with van der Waals surface area (Å²) in [5, 5.41) is 9.43. The molecular formula is C18H28N2O2. The van der Waals surface area contributed by atoms with Crippen molar-refractivity contribution in [2.75, 3.05) is 26.7 Å². The van der Waals surface area contributed by atoms with Crippen LogP contribution in [0.4, 0.5) is 0 Å². The second-order valence-corrected chi connectivity index (χ2v) is 6.22. The number of piperidine rings is 1. The Bertz CT molecular complexity index is 472. The molecule has 1 aliphatic rings. The Morgan fingerprint density at radius 3 is 2.59 bits per heavy atom. The van der Waals surface area contributed by atoms with Gasteiger partial charge < -0.3 is 10.0 Å². The molecule has 0 spiro atoms. The first kappa shape index (κ1) is 17.0. The Hall–Kier alpha value is -1.39. The highest BCUT2D eigenvalue weighted by atomic mass is 16.3.